The van der Waals surface area contributed by atoms with Crippen LogP contribution in [-0.2, 0) is 0 Å². The first-order valence-corrected chi connectivity index (χ1v) is 13.7. The molecule has 4 aromatic carbocycles. The molecule has 0 aliphatic rings. The van der Waals surface area contributed by atoms with Gasteiger partial charge in [0.05, 0.1) is 5.56 Å². The summed E-state index contributed by atoms with van der Waals surface area (Å²) < 4.78 is 0.0306. The Bertz CT molecular complexity index is 1400. The molecule has 0 fully saturated rings. The van der Waals surface area contributed by atoms with E-state index in [2.05, 4.69) is 46.7 Å². The number of H-pyrrole nitrogens is 1. The van der Waals surface area contributed by atoms with Gasteiger partial charge in [-0.05, 0) is 42.5 Å². The third-order valence-electron chi connectivity index (χ3n) is 6.01. The van der Waals surface area contributed by atoms with Crippen LogP contribution in [-0.4, -0.2) is 10.9 Å². The molecule has 0 aliphatic carbocycles. The summed E-state index contributed by atoms with van der Waals surface area (Å²) in [5.41, 5.74) is 1.91. The van der Waals surface area contributed by atoms with Gasteiger partial charge in [-0.25, -0.2) is 0 Å². The Balaban J connectivity index is 1.76. The Hall–Kier alpha value is -3.36. The van der Waals surface area contributed by atoms with Crippen molar-refractivity contribution in [2.24, 2.45) is 0 Å². The SMILES string of the molecule is O=C(NC(=C(Cl)Cl)[P+](c1ccccc1)(c1ccccc1)c1ccccc1)c1c[nH]c2ccccc12. The highest BCUT2D eigenvalue weighted by Crippen LogP contribution is 2.63. The fraction of sp³-hybridized carbons (Fsp3) is 0. The second kappa shape index (κ2) is 10.1. The fourth-order valence-electron chi connectivity index (χ4n) is 4.48. The van der Waals surface area contributed by atoms with E-state index in [-0.39, 0.29) is 10.4 Å². The number of aromatic nitrogens is 1. The fourth-order valence-corrected chi connectivity index (χ4v) is 9.39. The largest absolute Gasteiger partial charge is 0.360 e. The monoisotopic (exact) mass is 515 g/mol. The van der Waals surface area contributed by atoms with E-state index < -0.39 is 7.26 Å². The van der Waals surface area contributed by atoms with Crippen molar-refractivity contribution in [3.8, 4) is 0 Å². The third-order valence-corrected chi connectivity index (χ3v) is 10.9. The number of nitrogens with one attached hydrogen (secondary N) is 2. The molecule has 0 radical (unpaired) electrons. The summed E-state index contributed by atoms with van der Waals surface area (Å²) in [6.07, 6.45) is 1.72. The van der Waals surface area contributed by atoms with E-state index in [0.717, 1.165) is 26.8 Å². The highest BCUT2D eigenvalue weighted by molar-refractivity contribution is 7.99. The molecule has 0 atom stereocenters. The summed E-state index contributed by atoms with van der Waals surface area (Å²) in [6.45, 7) is 0. The predicted octanol–water partition coefficient (Wildman–Crippen LogP) is 6.50. The van der Waals surface area contributed by atoms with Crippen LogP contribution < -0.4 is 21.2 Å². The summed E-state index contributed by atoms with van der Waals surface area (Å²) in [4.78, 5) is 16.9. The molecule has 6 heteroatoms. The lowest BCUT2D eigenvalue weighted by Crippen LogP contribution is -2.38. The van der Waals surface area contributed by atoms with E-state index >= 15 is 0 Å². The number of halogens is 2. The van der Waals surface area contributed by atoms with Gasteiger partial charge in [0.25, 0.3) is 5.91 Å². The van der Waals surface area contributed by atoms with Crippen molar-refractivity contribution in [2.45, 2.75) is 0 Å². The smallest absolute Gasteiger partial charge is 0.260 e. The number of para-hydroxylation sites is 1. The van der Waals surface area contributed by atoms with Crippen molar-refractivity contribution in [1.29, 1.82) is 0 Å². The molecule has 172 valence electrons. The van der Waals surface area contributed by atoms with Gasteiger partial charge in [-0.2, -0.15) is 0 Å². The van der Waals surface area contributed by atoms with Gasteiger partial charge in [-0.15, -0.1) is 0 Å². The van der Waals surface area contributed by atoms with Crippen molar-refractivity contribution in [3.05, 3.63) is 137 Å². The molecule has 0 spiro atoms. The summed E-state index contributed by atoms with van der Waals surface area (Å²) in [7, 11) is -2.66. The summed E-state index contributed by atoms with van der Waals surface area (Å²) in [6, 6.07) is 38.0. The van der Waals surface area contributed by atoms with E-state index in [1.807, 2.05) is 78.9 Å². The van der Waals surface area contributed by atoms with E-state index in [1.54, 1.807) is 6.20 Å². The van der Waals surface area contributed by atoms with Crippen LogP contribution in [0, 0.1) is 0 Å². The average molecular weight is 516 g/mol. The first-order valence-electron chi connectivity index (χ1n) is 11.1. The molecule has 3 nitrogen and oxygen atoms in total. The molecule has 0 aliphatic heterocycles. The lowest BCUT2D eigenvalue weighted by Gasteiger charge is -2.29. The number of aromatic amines is 1. The minimum atomic E-state index is -2.66. The van der Waals surface area contributed by atoms with Gasteiger partial charge in [0.2, 0.25) is 5.44 Å². The number of benzene rings is 4. The predicted molar refractivity (Wildman–Crippen MR) is 150 cm³/mol. The van der Waals surface area contributed by atoms with Gasteiger partial charge in [0.15, 0.2) is 11.8 Å². The molecule has 0 saturated carbocycles. The average Bonchev–Trinajstić information content (AvgIpc) is 3.35. The topological polar surface area (TPSA) is 44.9 Å². The zero-order chi connectivity index (χ0) is 24.3. The van der Waals surface area contributed by atoms with Gasteiger partial charge in [-0.3, -0.25) is 10.1 Å². The molecule has 1 amide bonds. The standard InChI is InChI=1S/C29H21Cl2N2OP/c30-27(31)29(33-28(34)25-20-32-26-19-11-10-18-24(25)26)35(21-12-4-1-5-13-21,22-14-6-2-7-15-22)23-16-8-3-9-17-23/h1-20H,(H-,32,33,34)/p+1. The minimum Gasteiger partial charge on any atom is -0.360 e. The normalized spacial score (nSPS) is 11.3. The quantitative estimate of drug-likeness (QED) is 0.249. The van der Waals surface area contributed by atoms with E-state index in [0.29, 0.717) is 11.0 Å². The van der Waals surface area contributed by atoms with Gasteiger partial charge in [-0.1, -0.05) is 96.0 Å². The van der Waals surface area contributed by atoms with Crippen molar-refractivity contribution in [2.75, 3.05) is 0 Å². The van der Waals surface area contributed by atoms with Crippen LogP contribution in [0.4, 0.5) is 0 Å². The Morgan fingerprint density at radius 2 is 1.11 bits per heavy atom. The van der Waals surface area contributed by atoms with Gasteiger partial charge in [0, 0.05) is 17.1 Å². The molecular weight excluding hydrogens is 494 g/mol. The Morgan fingerprint density at radius 1 is 0.657 bits per heavy atom. The van der Waals surface area contributed by atoms with Gasteiger partial charge in [0.1, 0.15) is 15.9 Å². The first-order chi connectivity index (χ1) is 17.1. The molecule has 5 rings (SSSR count). The molecule has 0 bridgehead atoms. The Morgan fingerprint density at radius 3 is 1.60 bits per heavy atom. The van der Waals surface area contributed by atoms with Crippen LogP contribution in [0.25, 0.3) is 10.9 Å². The van der Waals surface area contributed by atoms with E-state index in [1.165, 1.54) is 0 Å². The third kappa shape index (κ3) is 4.28. The lowest BCUT2D eigenvalue weighted by molar-refractivity contribution is 0.0970. The number of carbonyl (C=O) groups is 1. The zero-order valence-electron chi connectivity index (χ0n) is 18.7. The molecule has 1 aromatic heterocycles. The van der Waals surface area contributed by atoms with Crippen LogP contribution in [0.15, 0.2) is 131 Å². The molecule has 2 N–H and O–H groups in total. The number of hydrogen-bond acceptors (Lipinski definition) is 1. The summed E-state index contributed by atoms with van der Waals surface area (Å²) in [5, 5.41) is 7.08. The molecular formula is C29H22Cl2N2OP+. The Kier molecular flexibility index (Phi) is 6.74. The van der Waals surface area contributed by atoms with E-state index in [9.17, 15) is 4.79 Å². The number of carbonyl (C=O) groups excluding carboxylic acids is 1. The van der Waals surface area contributed by atoms with E-state index in [4.69, 9.17) is 23.2 Å². The van der Waals surface area contributed by atoms with Crippen LogP contribution in [0.1, 0.15) is 10.4 Å². The maximum atomic E-state index is 13.7. The van der Waals surface area contributed by atoms with Crippen molar-refractivity contribution < 1.29 is 4.79 Å². The maximum absolute atomic E-state index is 13.7. The lowest BCUT2D eigenvalue weighted by atomic mass is 10.1. The van der Waals surface area contributed by atoms with Crippen LogP contribution >= 0.6 is 30.5 Å². The number of rotatable bonds is 6. The summed E-state index contributed by atoms with van der Waals surface area (Å²) in [5.74, 6) is -0.275. The second-order valence-corrected chi connectivity index (χ2v) is 12.3. The summed E-state index contributed by atoms with van der Waals surface area (Å²) >= 11 is 13.3. The number of amides is 1. The van der Waals surface area contributed by atoms with Crippen LogP contribution in [0.5, 0.6) is 0 Å². The molecule has 0 saturated heterocycles. The second-order valence-electron chi connectivity index (χ2n) is 7.99. The number of fused-ring (bicyclic) bond motifs is 1. The van der Waals surface area contributed by atoms with Crippen molar-refractivity contribution >= 4 is 63.2 Å². The maximum Gasteiger partial charge on any atom is 0.260 e. The van der Waals surface area contributed by atoms with Gasteiger partial charge < -0.3 is 4.98 Å². The van der Waals surface area contributed by atoms with Crippen molar-refractivity contribution in [1.82, 2.24) is 10.3 Å². The highest BCUT2D eigenvalue weighted by atomic mass is 35.5. The molecule has 0 unspecified atom stereocenters. The zero-order valence-corrected chi connectivity index (χ0v) is 21.1. The molecule has 35 heavy (non-hydrogen) atoms. The Labute approximate surface area is 214 Å². The van der Waals surface area contributed by atoms with Crippen molar-refractivity contribution in [3.63, 3.8) is 0 Å². The van der Waals surface area contributed by atoms with Gasteiger partial charge >= 0.3 is 0 Å². The highest BCUT2D eigenvalue weighted by Gasteiger charge is 2.52. The molecule has 1 heterocycles. The minimum absolute atomic E-state index is 0.0306. The first kappa shape index (κ1) is 23.4. The number of hydrogen-bond donors (Lipinski definition) is 2. The van der Waals surface area contributed by atoms with Crippen LogP contribution in [0.3, 0.4) is 0 Å². The molecule has 5 aromatic rings. The van der Waals surface area contributed by atoms with Crippen LogP contribution in [0.2, 0.25) is 0 Å².